The van der Waals surface area contributed by atoms with Crippen molar-refractivity contribution in [2.45, 2.75) is 6.92 Å². The van der Waals surface area contributed by atoms with Gasteiger partial charge in [0.05, 0.1) is 11.7 Å². The Balaban J connectivity index is 1.99. The van der Waals surface area contributed by atoms with Crippen molar-refractivity contribution in [2.24, 2.45) is 0 Å². The lowest BCUT2D eigenvalue weighted by molar-refractivity contribution is -0.141. The number of fused-ring (bicyclic) bond motifs is 1. The van der Waals surface area contributed by atoms with E-state index >= 15 is 0 Å². The number of nitrogens with zero attached hydrogens (tertiary/aromatic N) is 2. The first-order valence-corrected chi connectivity index (χ1v) is 5.42. The van der Waals surface area contributed by atoms with Crippen LogP contribution in [0.3, 0.4) is 0 Å². The lowest BCUT2D eigenvalue weighted by Gasteiger charge is -2.05. The minimum Gasteiger partial charge on any atom is -0.462 e. The van der Waals surface area contributed by atoms with E-state index < -0.39 is 12.1 Å². The number of hydrogen-bond donors (Lipinski definition) is 0. The van der Waals surface area contributed by atoms with Crippen molar-refractivity contribution in [3.05, 3.63) is 30.5 Å². The largest absolute Gasteiger partial charge is 0.462 e. The van der Waals surface area contributed by atoms with E-state index in [1.807, 2.05) is 18.2 Å². The number of esters is 1. The van der Waals surface area contributed by atoms with Gasteiger partial charge in [0.2, 0.25) is 0 Å². The highest BCUT2D eigenvalue weighted by atomic mass is 16.6. The molecule has 0 bridgehead atoms. The summed E-state index contributed by atoms with van der Waals surface area (Å²) < 4.78 is 10.8. The standard InChI is InChI=1S/C12H12N2O4/c1-9(15)17-6-7-18-12(16)14-11-5-3-2-4-10(11)8-13-14/h2-5,8H,6-7H2,1H3. The fourth-order valence-electron chi connectivity index (χ4n) is 1.49. The number of aromatic nitrogens is 2. The Hall–Kier alpha value is -2.37. The summed E-state index contributed by atoms with van der Waals surface area (Å²) in [6.45, 7) is 1.34. The summed E-state index contributed by atoms with van der Waals surface area (Å²) in [6, 6.07) is 7.30. The number of hydrogen-bond acceptors (Lipinski definition) is 5. The number of benzene rings is 1. The molecule has 6 nitrogen and oxygen atoms in total. The predicted octanol–water partition coefficient (Wildman–Crippen LogP) is 1.58. The fourth-order valence-corrected chi connectivity index (χ4v) is 1.49. The molecule has 1 aromatic heterocycles. The molecule has 0 amide bonds. The Morgan fingerprint density at radius 2 is 1.94 bits per heavy atom. The number of carbonyl (C=O) groups excluding carboxylic acids is 2. The van der Waals surface area contributed by atoms with Crippen LogP contribution in [-0.2, 0) is 14.3 Å². The van der Waals surface area contributed by atoms with Crippen LogP contribution in [0, 0.1) is 0 Å². The smallest absolute Gasteiger partial charge is 0.435 e. The minimum absolute atomic E-state index is 0.00655. The van der Waals surface area contributed by atoms with Crippen LogP contribution >= 0.6 is 0 Å². The van der Waals surface area contributed by atoms with Gasteiger partial charge in [-0.3, -0.25) is 4.79 Å². The Labute approximate surface area is 103 Å². The molecule has 18 heavy (non-hydrogen) atoms. The molecule has 1 aromatic carbocycles. The normalized spacial score (nSPS) is 10.3. The van der Waals surface area contributed by atoms with E-state index in [1.165, 1.54) is 11.6 Å². The van der Waals surface area contributed by atoms with Gasteiger partial charge in [0, 0.05) is 12.3 Å². The van der Waals surface area contributed by atoms with Crippen LogP contribution in [0.1, 0.15) is 6.92 Å². The molecule has 2 rings (SSSR count). The van der Waals surface area contributed by atoms with E-state index in [9.17, 15) is 9.59 Å². The highest BCUT2D eigenvalue weighted by Crippen LogP contribution is 2.12. The molecule has 2 aromatic rings. The van der Waals surface area contributed by atoms with Gasteiger partial charge < -0.3 is 9.47 Å². The number of rotatable bonds is 3. The Morgan fingerprint density at radius 1 is 1.22 bits per heavy atom. The Bertz CT molecular complexity index is 576. The van der Waals surface area contributed by atoms with E-state index in [1.54, 1.807) is 12.3 Å². The molecule has 0 aliphatic heterocycles. The highest BCUT2D eigenvalue weighted by molar-refractivity contribution is 5.87. The zero-order valence-corrected chi connectivity index (χ0v) is 9.83. The third-order valence-corrected chi connectivity index (χ3v) is 2.26. The van der Waals surface area contributed by atoms with Crippen LogP contribution in [0.4, 0.5) is 4.79 Å². The van der Waals surface area contributed by atoms with Crippen molar-refractivity contribution in [3.63, 3.8) is 0 Å². The maximum absolute atomic E-state index is 11.7. The van der Waals surface area contributed by atoms with Gasteiger partial charge in [0.15, 0.2) is 0 Å². The van der Waals surface area contributed by atoms with Crippen molar-refractivity contribution in [2.75, 3.05) is 13.2 Å². The van der Waals surface area contributed by atoms with Gasteiger partial charge in [-0.25, -0.2) is 4.79 Å². The predicted molar refractivity (Wildman–Crippen MR) is 63.1 cm³/mol. The topological polar surface area (TPSA) is 70.4 Å². The number of ether oxygens (including phenoxy) is 2. The average molecular weight is 248 g/mol. The van der Waals surface area contributed by atoms with Gasteiger partial charge in [-0.15, -0.1) is 0 Å². The molecule has 94 valence electrons. The first-order chi connectivity index (χ1) is 8.68. The quantitative estimate of drug-likeness (QED) is 0.609. The second-order valence-corrected chi connectivity index (χ2v) is 3.57. The Kier molecular flexibility index (Phi) is 3.57. The van der Waals surface area contributed by atoms with Crippen molar-refractivity contribution in [1.29, 1.82) is 0 Å². The van der Waals surface area contributed by atoms with Gasteiger partial charge in [0.25, 0.3) is 0 Å². The first-order valence-electron chi connectivity index (χ1n) is 5.42. The lowest BCUT2D eigenvalue weighted by atomic mass is 10.3. The van der Waals surface area contributed by atoms with Crippen molar-refractivity contribution in [3.8, 4) is 0 Å². The third-order valence-electron chi connectivity index (χ3n) is 2.26. The summed E-state index contributed by atoms with van der Waals surface area (Å²) in [6.07, 6.45) is 0.992. The van der Waals surface area contributed by atoms with Gasteiger partial charge in [0.1, 0.15) is 13.2 Å². The molecule has 6 heteroatoms. The second kappa shape index (κ2) is 5.31. The molecule has 0 radical (unpaired) electrons. The summed E-state index contributed by atoms with van der Waals surface area (Å²) in [5.41, 5.74) is 0.676. The van der Waals surface area contributed by atoms with E-state index in [0.717, 1.165) is 5.39 Å². The fraction of sp³-hybridized carbons (Fsp3) is 0.250. The van der Waals surface area contributed by atoms with Crippen LogP contribution in [0.15, 0.2) is 30.5 Å². The maximum Gasteiger partial charge on any atom is 0.435 e. The minimum atomic E-state index is -0.594. The lowest BCUT2D eigenvalue weighted by Crippen LogP contribution is -2.18. The summed E-state index contributed by atoms with van der Waals surface area (Å²) in [7, 11) is 0. The monoisotopic (exact) mass is 248 g/mol. The summed E-state index contributed by atoms with van der Waals surface area (Å²) in [5.74, 6) is -0.407. The molecule has 1 heterocycles. The SMILES string of the molecule is CC(=O)OCCOC(=O)n1ncc2ccccc21. The molecule has 0 atom stereocenters. The zero-order valence-electron chi connectivity index (χ0n) is 9.83. The van der Waals surface area contributed by atoms with Crippen molar-refractivity contribution < 1.29 is 19.1 Å². The third kappa shape index (κ3) is 2.65. The van der Waals surface area contributed by atoms with Crippen LogP contribution in [0.2, 0.25) is 0 Å². The Morgan fingerprint density at radius 3 is 2.72 bits per heavy atom. The highest BCUT2D eigenvalue weighted by Gasteiger charge is 2.11. The van der Waals surface area contributed by atoms with Crippen LogP contribution < -0.4 is 0 Å². The first kappa shape index (κ1) is 12.1. The number of carbonyl (C=O) groups is 2. The van der Waals surface area contributed by atoms with Crippen molar-refractivity contribution >= 4 is 23.0 Å². The molecule has 0 N–H and O–H groups in total. The summed E-state index contributed by atoms with van der Waals surface area (Å²) in [5, 5.41) is 4.80. The van der Waals surface area contributed by atoms with Crippen LogP contribution in [-0.4, -0.2) is 35.1 Å². The average Bonchev–Trinajstić information content (AvgIpc) is 2.78. The van der Waals surface area contributed by atoms with E-state index in [0.29, 0.717) is 5.52 Å². The molecule has 0 fully saturated rings. The molecule has 0 spiro atoms. The molecular weight excluding hydrogens is 236 g/mol. The second-order valence-electron chi connectivity index (χ2n) is 3.57. The molecule has 0 saturated carbocycles. The van der Waals surface area contributed by atoms with Crippen LogP contribution in [0.5, 0.6) is 0 Å². The van der Waals surface area contributed by atoms with Crippen LogP contribution in [0.25, 0.3) is 10.9 Å². The molecule has 0 aliphatic rings. The molecule has 0 aliphatic carbocycles. The molecular formula is C12H12N2O4. The van der Waals surface area contributed by atoms with Crippen molar-refractivity contribution in [1.82, 2.24) is 9.78 Å². The summed E-state index contributed by atoms with van der Waals surface area (Å²) >= 11 is 0. The summed E-state index contributed by atoms with van der Waals surface area (Å²) in [4.78, 5) is 22.2. The van der Waals surface area contributed by atoms with E-state index in [4.69, 9.17) is 4.74 Å². The zero-order chi connectivity index (χ0) is 13.0. The van der Waals surface area contributed by atoms with Gasteiger partial charge in [-0.05, 0) is 6.07 Å². The van der Waals surface area contributed by atoms with Gasteiger partial charge in [-0.2, -0.15) is 9.78 Å². The van der Waals surface area contributed by atoms with E-state index in [-0.39, 0.29) is 13.2 Å². The molecule has 0 saturated heterocycles. The van der Waals surface area contributed by atoms with Gasteiger partial charge >= 0.3 is 12.1 Å². The molecule has 0 unspecified atom stereocenters. The number of para-hydroxylation sites is 1. The van der Waals surface area contributed by atoms with E-state index in [2.05, 4.69) is 9.84 Å². The maximum atomic E-state index is 11.7. The van der Waals surface area contributed by atoms with Gasteiger partial charge in [-0.1, -0.05) is 18.2 Å².